The van der Waals surface area contributed by atoms with E-state index in [1.807, 2.05) is 122 Å². The molecule has 10 heterocycles. The Morgan fingerprint density at radius 2 is 0.864 bits per heavy atom. The quantitative estimate of drug-likeness (QED) is 0.0193. The van der Waals surface area contributed by atoms with E-state index in [4.69, 9.17) is 36.3 Å². The summed E-state index contributed by atoms with van der Waals surface area (Å²) in [6, 6.07) is 67.3. The number of methoxy groups -OCH3 is 3. The van der Waals surface area contributed by atoms with Gasteiger partial charge in [-0.1, -0.05) is 72.8 Å². The number of nitrogen functional groups attached to an aromatic ring is 1. The number of rotatable bonds is 21. The third-order valence-corrected chi connectivity index (χ3v) is 24.0. The fourth-order valence-corrected chi connectivity index (χ4v) is 17.4. The van der Waals surface area contributed by atoms with Gasteiger partial charge in [0.15, 0.2) is 0 Å². The lowest BCUT2D eigenvalue weighted by atomic mass is 10.1. The maximum atomic E-state index is 13.7. The Morgan fingerprint density at radius 1 is 0.447 bits per heavy atom. The predicted molar refractivity (Wildman–Crippen MR) is 505 cm³/mol. The number of aromatic nitrogens is 12. The van der Waals surface area contributed by atoms with Crippen molar-refractivity contribution in [2.24, 2.45) is 11.8 Å². The van der Waals surface area contributed by atoms with Crippen LogP contribution in [0.5, 0.6) is 28.7 Å². The van der Waals surface area contributed by atoms with Crippen LogP contribution in [0.2, 0.25) is 0 Å². The van der Waals surface area contributed by atoms with Gasteiger partial charge in [-0.3, -0.25) is 23.6 Å². The lowest BCUT2D eigenvalue weighted by Gasteiger charge is -2.21. The first-order valence-electron chi connectivity index (χ1n) is 43.0. The molecule has 0 saturated carbocycles. The van der Waals surface area contributed by atoms with Crippen LogP contribution in [0.1, 0.15) is 40.7 Å². The highest BCUT2D eigenvalue weighted by atomic mass is 35.5. The van der Waals surface area contributed by atoms with Gasteiger partial charge in [0.1, 0.15) is 82.6 Å². The van der Waals surface area contributed by atoms with E-state index in [-0.39, 0.29) is 36.2 Å². The van der Waals surface area contributed by atoms with Crippen LogP contribution in [0.25, 0.3) is 65.4 Å². The number of benzene rings is 11. The fraction of sp³-hybridized carbons (Fsp3) is 0.220. The second-order valence-corrected chi connectivity index (χ2v) is 32.9. The number of nitrogens with two attached hydrogens (primary N) is 1. The van der Waals surface area contributed by atoms with Crippen molar-refractivity contribution in [2.75, 3.05) is 96.4 Å². The van der Waals surface area contributed by atoms with Gasteiger partial charge >= 0.3 is 11.4 Å². The van der Waals surface area contributed by atoms with E-state index in [0.717, 1.165) is 137 Å². The van der Waals surface area contributed by atoms with E-state index >= 15 is 0 Å². The Labute approximate surface area is 762 Å². The van der Waals surface area contributed by atoms with Crippen molar-refractivity contribution in [3.05, 3.63) is 307 Å². The summed E-state index contributed by atoms with van der Waals surface area (Å²) in [5.41, 5.74) is 17.2. The van der Waals surface area contributed by atoms with E-state index in [0.29, 0.717) is 94.6 Å². The van der Waals surface area contributed by atoms with Crippen molar-refractivity contribution in [2.45, 2.75) is 57.4 Å². The van der Waals surface area contributed by atoms with Gasteiger partial charge in [0.05, 0.1) is 111 Å². The lowest BCUT2D eigenvalue weighted by Crippen LogP contribution is -2.35. The zero-order valence-corrected chi connectivity index (χ0v) is 73.6. The van der Waals surface area contributed by atoms with Crippen molar-refractivity contribution < 1.29 is 51.2 Å². The number of hydrogen-bond acceptors (Lipinski definition) is 24. The molecule has 4 fully saturated rings. The molecule has 6 N–H and O–H groups in total. The number of para-hydroxylation sites is 2. The maximum Gasteiger partial charge on any atom is 0.409 e. The summed E-state index contributed by atoms with van der Waals surface area (Å²) >= 11 is 4.95. The molecule has 0 aliphatic carbocycles. The molecule has 4 atom stereocenters. The van der Waals surface area contributed by atoms with Crippen LogP contribution in [-0.2, 0) is 42.1 Å². The van der Waals surface area contributed by atoms with Crippen molar-refractivity contribution in [1.29, 1.82) is 0 Å². The highest BCUT2D eigenvalue weighted by Gasteiger charge is 2.41. The fourth-order valence-electron chi connectivity index (χ4n) is 17.3. The van der Waals surface area contributed by atoms with Gasteiger partial charge in [0, 0.05) is 122 Å². The minimum atomic E-state index is -0.814. The molecular formula is C100H94ClF3N20O8. The van der Waals surface area contributed by atoms with Crippen LogP contribution in [0, 0.1) is 29.3 Å². The standard InChI is InChI=1S/C32H32FN7O2.C31H24FN5O3.C23H19FN6O.C7H5ClO2.C7H14N2/c1-38-9-8-21-17-39(18-29(21)38)31(41)13-22-12-26-27(14-30(22)42-2)34-19-35-32(26)37-25-6-7-28-23(11-25)15-36-40(28)16-20-4-3-5-24(33)10-20;1-39-29-16-27-26(14-21(29)15-30(38)40-25-8-3-2-4-9-25)31(34-19-33-27)36-24-10-11-28-22(13-24)17-35-37(28)18-20-6-5-7-23(32)12-20;1-31-22-10-20-18(9-19(22)25)23(27-13-26-20)29-17-5-6-21-15(8-17)11-28-30(21)12-14-3-2-4-16(24)7-14;8-7(9)10-6-4-2-1-3-5-6;1-9-3-2-6-4-8-5-7(6)9/h3-7,10-12,14-15,19,21,29H,8-9,13,16-18H2,1-2H3,(H,34,35,37);2-14,16-17,19H,15,18H2,1H3,(H,33,34,36);2-11,13H,12,25H2,1H3,(H,26,27,29);1-5H;6-8H,2-5H2,1H3/t21-,29+;;;;6-,7+/m1...1/s1. The molecule has 6 aromatic heterocycles. The number of esters is 1. The molecule has 0 spiro atoms. The zero-order valence-electron chi connectivity index (χ0n) is 72.9. The molecule has 11 aromatic carbocycles. The Bertz CT molecular complexity index is 7040. The number of anilines is 7. The topological polar surface area (TPSA) is 312 Å². The minimum absolute atomic E-state index is 0.0127. The van der Waals surface area contributed by atoms with Gasteiger partial charge in [0.25, 0.3) is 0 Å². The molecule has 4 aliphatic heterocycles. The molecule has 0 bridgehead atoms. The molecule has 28 nitrogen and oxygen atoms in total. The molecule has 1 amide bonds. The van der Waals surface area contributed by atoms with Crippen molar-refractivity contribution >= 4 is 135 Å². The summed E-state index contributed by atoms with van der Waals surface area (Å²) in [5.74, 6) is 5.01. The summed E-state index contributed by atoms with van der Waals surface area (Å²) in [7, 11) is 9.13. The van der Waals surface area contributed by atoms with E-state index in [1.165, 1.54) is 81.4 Å². The normalized spacial score (nSPS) is 15.5. The second-order valence-electron chi connectivity index (χ2n) is 32.6. The molecule has 0 radical (unpaired) electrons. The summed E-state index contributed by atoms with van der Waals surface area (Å²) in [6.07, 6.45) is 12.7. The number of fused-ring (bicyclic) bond motifs is 8. The van der Waals surface area contributed by atoms with Crippen molar-refractivity contribution in [3.8, 4) is 28.7 Å². The number of ether oxygens (including phenoxy) is 5. The Balaban J connectivity index is 0.000000126. The number of nitrogens with zero attached hydrogens (tertiary/aromatic N) is 15. The van der Waals surface area contributed by atoms with Crippen LogP contribution in [0.3, 0.4) is 0 Å². The molecular weight excluding hydrogens is 1700 g/mol. The van der Waals surface area contributed by atoms with Gasteiger partial charge < -0.3 is 65.4 Å². The first-order chi connectivity index (χ1) is 64.3. The van der Waals surface area contributed by atoms with Gasteiger partial charge in [-0.05, 0) is 209 Å². The smallest absolute Gasteiger partial charge is 0.409 e. The van der Waals surface area contributed by atoms with E-state index < -0.39 is 11.4 Å². The molecule has 0 unspecified atom stereocenters. The van der Waals surface area contributed by atoms with Gasteiger partial charge in [-0.25, -0.2) is 47.9 Å². The van der Waals surface area contributed by atoms with Crippen LogP contribution < -0.4 is 50.7 Å². The highest BCUT2D eigenvalue weighted by molar-refractivity contribution is 6.61. The number of carbonyl (C=O) groups excluding carboxylic acids is 3. The third-order valence-electron chi connectivity index (χ3n) is 23.9. The van der Waals surface area contributed by atoms with Gasteiger partial charge in [0.2, 0.25) is 5.91 Å². The molecule has 4 aliphatic rings. The highest BCUT2D eigenvalue weighted by Crippen LogP contribution is 2.38. The second kappa shape index (κ2) is 40.6. The number of likely N-dealkylation sites (N-methyl/N-ethyl adjacent to an activating group) is 2. The zero-order chi connectivity index (χ0) is 91.3. The Morgan fingerprint density at radius 3 is 1.29 bits per heavy atom. The molecule has 132 heavy (non-hydrogen) atoms. The van der Waals surface area contributed by atoms with E-state index in [2.05, 4.69) is 95.1 Å². The van der Waals surface area contributed by atoms with E-state index in [1.54, 1.807) is 125 Å². The molecule has 4 saturated heterocycles. The predicted octanol–water partition coefficient (Wildman–Crippen LogP) is 17.5. The number of halogens is 4. The summed E-state index contributed by atoms with van der Waals surface area (Å²) in [6.45, 7) is 7.94. The minimum Gasteiger partial charge on any atom is -0.496 e. The van der Waals surface area contributed by atoms with Gasteiger partial charge in [-0.15, -0.1) is 0 Å². The van der Waals surface area contributed by atoms with Crippen molar-refractivity contribution in [1.82, 2.24) is 79.3 Å². The molecule has 32 heteroatoms. The molecule has 17 aromatic rings. The Kier molecular flexibility index (Phi) is 27.4. The number of amides is 1. The average molecular weight is 1800 g/mol. The summed E-state index contributed by atoms with van der Waals surface area (Å²) < 4.78 is 72.8. The maximum absolute atomic E-state index is 13.7. The number of nitrogens with one attached hydrogen (secondary N) is 4. The van der Waals surface area contributed by atoms with Crippen LogP contribution >= 0.6 is 11.6 Å². The van der Waals surface area contributed by atoms with Crippen LogP contribution in [0.15, 0.2) is 262 Å². The first kappa shape index (κ1) is 88.8. The van der Waals surface area contributed by atoms with Crippen molar-refractivity contribution in [3.63, 3.8) is 0 Å². The third kappa shape index (κ3) is 21.2. The number of hydrogen-bond donors (Lipinski definition) is 5. The summed E-state index contributed by atoms with van der Waals surface area (Å²) in [5, 5.41) is 32.2. The van der Waals surface area contributed by atoms with Crippen LogP contribution in [-0.4, -0.2) is 178 Å². The molecule has 21 rings (SSSR count). The number of likely N-dealkylation sites (tertiary alicyclic amines) is 3. The Hall–Kier alpha value is -15.2. The first-order valence-corrected chi connectivity index (χ1v) is 43.4. The van der Waals surface area contributed by atoms with Crippen LogP contribution in [0.4, 0.5) is 58.2 Å². The monoisotopic (exact) mass is 1790 g/mol. The summed E-state index contributed by atoms with van der Waals surface area (Å²) in [4.78, 5) is 69.6. The van der Waals surface area contributed by atoms with E-state index in [9.17, 15) is 27.6 Å². The number of carbonyl (C=O) groups is 3. The average Bonchev–Trinajstić information content (AvgIpc) is 1.69. The lowest BCUT2D eigenvalue weighted by molar-refractivity contribution is -0.133. The van der Waals surface area contributed by atoms with Gasteiger partial charge in [-0.2, -0.15) is 15.3 Å². The SMILES string of the molecule is CN1CC[C@@H]2CNC[C@@H]21.COc1cc2ncnc(Nc3ccc4c(cnn4Cc4cccc(F)c4)c3)c2cc1CC(=O)N1C[C@H]2CCN(C)[C@H]2C1.COc1cc2ncnc(Nc3ccc4c(cnn4Cc4cccc(F)c4)c3)c2cc1CC(=O)Oc1ccccc1.COc1cc2ncnc(Nc3ccc4c(cnn4Cc4cccc(F)c4)c3)c2cc1N.O=C(Cl)Oc1ccccc1. The molecule has 670 valence electrons. The largest absolute Gasteiger partial charge is 0.496 e.